The molecule has 3 aromatic rings. The molecule has 0 N–H and O–H groups in total. The van der Waals surface area contributed by atoms with E-state index >= 15 is 0 Å². The Balaban J connectivity index is 1.57. The van der Waals surface area contributed by atoms with Crippen molar-refractivity contribution < 1.29 is 4.39 Å². The van der Waals surface area contributed by atoms with Gasteiger partial charge in [0.05, 0.1) is 0 Å². The lowest BCUT2D eigenvalue weighted by Gasteiger charge is -2.30. The third kappa shape index (κ3) is 3.10. The van der Waals surface area contributed by atoms with Crippen LogP contribution in [-0.2, 0) is 6.54 Å². The minimum absolute atomic E-state index is 0.138. The number of nitrogens with zero attached hydrogens (tertiary/aromatic N) is 1. The second-order valence-electron chi connectivity index (χ2n) is 6.39. The normalized spacial score (nSPS) is 14.4. The van der Waals surface area contributed by atoms with Gasteiger partial charge in [-0.25, -0.2) is 4.39 Å². The first kappa shape index (κ1) is 15.1. The van der Waals surface area contributed by atoms with Gasteiger partial charge < -0.3 is 0 Å². The van der Waals surface area contributed by atoms with Crippen LogP contribution >= 0.6 is 0 Å². The van der Waals surface area contributed by atoms with Crippen molar-refractivity contribution >= 4 is 0 Å². The Morgan fingerprint density at radius 1 is 0.750 bits per heavy atom. The maximum atomic E-state index is 14.5. The average molecular weight is 317 g/mol. The summed E-state index contributed by atoms with van der Waals surface area (Å²) < 4.78 is 14.5. The maximum Gasteiger partial charge on any atom is 0.131 e. The Bertz CT molecular complexity index is 820. The van der Waals surface area contributed by atoms with Crippen LogP contribution in [0.25, 0.3) is 22.3 Å². The van der Waals surface area contributed by atoms with Crippen LogP contribution in [0.2, 0.25) is 0 Å². The highest BCUT2D eigenvalue weighted by molar-refractivity contribution is 5.70. The van der Waals surface area contributed by atoms with Crippen molar-refractivity contribution in [2.45, 2.75) is 13.0 Å². The fourth-order valence-electron chi connectivity index (χ4n) is 3.16. The molecule has 3 aromatic carbocycles. The Kier molecular flexibility index (Phi) is 4.14. The van der Waals surface area contributed by atoms with E-state index in [0.717, 1.165) is 36.3 Å². The Labute approximate surface area is 142 Å². The third-order valence-electron chi connectivity index (χ3n) is 4.69. The average Bonchev–Trinajstić information content (AvgIpc) is 2.59. The van der Waals surface area contributed by atoms with Crippen molar-refractivity contribution in [3.05, 3.63) is 84.2 Å². The number of likely N-dealkylation sites (tertiary alicyclic amines) is 1. The summed E-state index contributed by atoms with van der Waals surface area (Å²) in [5.74, 6) is -0.138. The second kappa shape index (κ2) is 6.58. The van der Waals surface area contributed by atoms with Crippen LogP contribution in [0.3, 0.4) is 0 Å². The lowest BCUT2D eigenvalue weighted by molar-refractivity contribution is 0.172. The van der Waals surface area contributed by atoms with Gasteiger partial charge in [0.25, 0.3) is 0 Å². The lowest BCUT2D eigenvalue weighted by atomic mass is 9.99. The van der Waals surface area contributed by atoms with Gasteiger partial charge in [0.15, 0.2) is 0 Å². The summed E-state index contributed by atoms with van der Waals surface area (Å²) in [6, 6.07) is 24.0. The van der Waals surface area contributed by atoms with E-state index in [-0.39, 0.29) is 5.82 Å². The minimum atomic E-state index is -0.138. The highest BCUT2D eigenvalue weighted by Gasteiger charge is 2.15. The molecule has 0 saturated carbocycles. The number of rotatable bonds is 4. The molecular weight excluding hydrogens is 297 g/mol. The molecule has 0 bridgehead atoms. The van der Waals surface area contributed by atoms with E-state index in [2.05, 4.69) is 29.2 Å². The zero-order valence-electron chi connectivity index (χ0n) is 13.6. The quantitative estimate of drug-likeness (QED) is 0.625. The van der Waals surface area contributed by atoms with Crippen molar-refractivity contribution in [1.29, 1.82) is 0 Å². The van der Waals surface area contributed by atoms with Crippen LogP contribution in [-0.4, -0.2) is 18.0 Å². The van der Waals surface area contributed by atoms with E-state index in [0.29, 0.717) is 5.56 Å². The van der Waals surface area contributed by atoms with Crippen LogP contribution in [0.4, 0.5) is 4.39 Å². The van der Waals surface area contributed by atoms with E-state index in [1.165, 1.54) is 12.0 Å². The molecule has 1 fully saturated rings. The monoisotopic (exact) mass is 317 g/mol. The molecule has 1 heterocycles. The van der Waals surface area contributed by atoms with Crippen LogP contribution in [0.1, 0.15) is 12.0 Å². The molecule has 24 heavy (non-hydrogen) atoms. The summed E-state index contributed by atoms with van der Waals surface area (Å²) in [4.78, 5) is 2.34. The molecule has 120 valence electrons. The first-order valence-corrected chi connectivity index (χ1v) is 8.46. The van der Waals surface area contributed by atoms with Gasteiger partial charge in [0.2, 0.25) is 0 Å². The predicted molar refractivity (Wildman–Crippen MR) is 97.2 cm³/mol. The maximum absolute atomic E-state index is 14.5. The molecule has 1 saturated heterocycles. The topological polar surface area (TPSA) is 3.24 Å². The van der Waals surface area contributed by atoms with Crippen molar-refractivity contribution in [3.8, 4) is 22.3 Å². The molecule has 4 rings (SSSR count). The largest absolute Gasteiger partial charge is 0.299 e. The smallest absolute Gasteiger partial charge is 0.131 e. The highest BCUT2D eigenvalue weighted by Crippen LogP contribution is 2.27. The van der Waals surface area contributed by atoms with Gasteiger partial charge in [-0.2, -0.15) is 0 Å². The van der Waals surface area contributed by atoms with E-state index in [4.69, 9.17) is 0 Å². The summed E-state index contributed by atoms with van der Waals surface area (Å²) in [5.41, 5.74) is 4.96. The van der Waals surface area contributed by atoms with Crippen molar-refractivity contribution in [3.63, 3.8) is 0 Å². The first-order chi connectivity index (χ1) is 11.8. The van der Waals surface area contributed by atoms with Gasteiger partial charge in [0, 0.05) is 12.1 Å². The van der Waals surface area contributed by atoms with E-state index < -0.39 is 0 Å². The van der Waals surface area contributed by atoms with Crippen LogP contribution < -0.4 is 0 Å². The molecule has 1 aliphatic heterocycles. The lowest BCUT2D eigenvalue weighted by Crippen LogP contribution is -2.36. The summed E-state index contributed by atoms with van der Waals surface area (Å²) in [5, 5.41) is 0. The molecule has 0 unspecified atom stereocenters. The van der Waals surface area contributed by atoms with Crippen molar-refractivity contribution in [1.82, 2.24) is 4.90 Å². The zero-order chi connectivity index (χ0) is 16.4. The molecule has 0 aliphatic carbocycles. The standard InChI is InChI=1S/C22H20FN/c23-22-15-17(16-24-13-4-14-24)7-12-21(22)20-10-8-19(9-11-20)18-5-2-1-3-6-18/h1-3,5-12,15H,4,13-14,16H2. The molecule has 0 radical (unpaired) electrons. The zero-order valence-corrected chi connectivity index (χ0v) is 13.6. The second-order valence-corrected chi connectivity index (χ2v) is 6.39. The number of halogens is 1. The van der Waals surface area contributed by atoms with Gasteiger partial charge in [0.1, 0.15) is 5.82 Å². The summed E-state index contributed by atoms with van der Waals surface area (Å²) in [7, 11) is 0. The molecule has 1 nitrogen and oxygen atoms in total. The van der Waals surface area contributed by atoms with Crippen molar-refractivity contribution in [2.75, 3.05) is 13.1 Å². The molecule has 0 aromatic heterocycles. The first-order valence-electron chi connectivity index (χ1n) is 8.46. The molecular formula is C22H20FN. The number of hydrogen-bond acceptors (Lipinski definition) is 1. The molecule has 0 atom stereocenters. The Morgan fingerprint density at radius 2 is 1.42 bits per heavy atom. The van der Waals surface area contributed by atoms with Gasteiger partial charge in [-0.15, -0.1) is 0 Å². The number of benzene rings is 3. The summed E-state index contributed by atoms with van der Waals surface area (Å²) in [6.45, 7) is 3.11. The molecule has 0 amide bonds. The van der Waals surface area contributed by atoms with Crippen molar-refractivity contribution in [2.24, 2.45) is 0 Å². The molecule has 2 heteroatoms. The van der Waals surface area contributed by atoms with E-state index in [9.17, 15) is 4.39 Å². The predicted octanol–water partition coefficient (Wildman–Crippen LogP) is 5.37. The highest BCUT2D eigenvalue weighted by atomic mass is 19.1. The fraction of sp³-hybridized carbons (Fsp3) is 0.182. The molecule has 0 spiro atoms. The SMILES string of the molecule is Fc1cc(CN2CCC2)ccc1-c1ccc(-c2ccccc2)cc1. The van der Waals surface area contributed by atoms with E-state index in [1.54, 1.807) is 6.07 Å². The third-order valence-corrected chi connectivity index (χ3v) is 4.69. The Morgan fingerprint density at radius 3 is 2.04 bits per heavy atom. The van der Waals surface area contributed by atoms with Crippen LogP contribution in [0.15, 0.2) is 72.8 Å². The van der Waals surface area contributed by atoms with Gasteiger partial charge in [-0.3, -0.25) is 4.90 Å². The molecule has 1 aliphatic rings. The van der Waals surface area contributed by atoms with E-state index in [1.807, 2.05) is 42.5 Å². The summed E-state index contributed by atoms with van der Waals surface area (Å²) in [6.07, 6.45) is 1.26. The Hall–Kier alpha value is -2.45. The van der Waals surface area contributed by atoms with Crippen LogP contribution in [0, 0.1) is 5.82 Å². The minimum Gasteiger partial charge on any atom is -0.299 e. The van der Waals surface area contributed by atoms with Gasteiger partial charge >= 0.3 is 0 Å². The van der Waals surface area contributed by atoms with Gasteiger partial charge in [-0.05, 0) is 47.8 Å². The number of hydrogen-bond donors (Lipinski definition) is 0. The van der Waals surface area contributed by atoms with Crippen LogP contribution in [0.5, 0.6) is 0 Å². The van der Waals surface area contributed by atoms with Gasteiger partial charge in [-0.1, -0.05) is 66.7 Å². The summed E-state index contributed by atoms with van der Waals surface area (Å²) >= 11 is 0. The fourth-order valence-corrected chi connectivity index (χ4v) is 3.16.